The molecule has 0 aliphatic rings. The van der Waals surface area contributed by atoms with Crippen LogP contribution in [-0.2, 0) is 10.8 Å². The summed E-state index contributed by atoms with van der Waals surface area (Å²) >= 11 is 0. The number of hydrogen-bond donors (Lipinski definition) is 2. The van der Waals surface area contributed by atoms with Crippen molar-refractivity contribution in [3.8, 4) is 0 Å². The first-order chi connectivity index (χ1) is 5.56. The van der Waals surface area contributed by atoms with Crippen LogP contribution in [-0.4, -0.2) is 39.5 Å². The van der Waals surface area contributed by atoms with Crippen molar-refractivity contribution < 1.29 is 9.32 Å². The zero-order valence-corrected chi connectivity index (χ0v) is 8.86. The van der Waals surface area contributed by atoms with Gasteiger partial charge in [-0.15, -0.1) is 0 Å². The van der Waals surface area contributed by atoms with E-state index in [0.717, 1.165) is 0 Å². The second-order valence-corrected chi connectivity index (χ2v) is 4.90. The van der Waals surface area contributed by atoms with Crippen LogP contribution in [0, 0.1) is 0 Å². The molecule has 0 spiro atoms. The van der Waals surface area contributed by atoms with Gasteiger partial charge in [0.05, 0.1) is 11.9 Å². The first-order valence-electron chi connectivity index (χ1n) is 4.32. The van der Waals surface area contributed by atoms with Gasteiger partial charge in [-0.25, -0.2) is 0 Å². The molecule has 0 radical (unpaired) electrons. The van der Waals surface area contributed by atoms with Gasteiger partial charge in [0.2, 0.25) is 0 Å². The van der Waals surface area contributed by atoms with E-state index in [2.05, 4.69) is 5.32 Å². The normalized spacial score (nSPS) is 16.4. The molecule has 0 fully saturated rings. The third kappa shape index (κ3) is 6.76. The van der Waals surface area contributed by atoms with Crippen LogP contribution in [0.1, 0.15) is 20.8 Å². The zero-order valence-electron chi connectivity index (χ0n) is 8.04. The molecule has 0 aromatic carbocycles. The Balaban J connectivity index is 3.45. The Kier molecular flexibility index (Phi) is 6.61. The van der Waals surface area contributed by atoms with E-state index in [9.17, 15) is 9.32 Å². The first kappa shape index (κ1) is 12.1. The second kappa shape index (κ2) is 6.57. The Bertz CT molecular complexity index is 139. The van der Waals surface area contributed by atoms with Crippen LogP contribution in [0.2, 0.25) is 0 Å². The summed E-state index contributed by atoms with van der Waals surface area (Å²) in [6.45, 7) is 6.43. The largest absolute Gasteiger partial charge is 0.391 e. The quantitative estimate of drug-likeness (QED) is 0.629. The Hall–Kier alpha value is 0.0700. The van der Waals surface area contributed by atoms with E-state index in [1.54, 1.807) is 0 Å². The van der Waals surface area contributed by atoms with Crippen molar-refractivity contribution in [1.82, 2.24) is 5.32 Å². The number of aliphatic hydroxyl groups excluding tert-OH is 1. The summed E-state index contributed by atoms with van der Waals surface area (Å²) < 4.78 is 11.0. The predicted molar refractivity (Wildman–Crippen MR) is 52.7 cm³/mol. The number of hydrogen-bond acceptors (Lipinski definition) is 3. The summed E-state index contributed by atoms with van der Waals surface area (Å²) in [6, 6.07) is 0.370. The summed E-state index contributed by atoms with van der Waals surface area (Å²) in [5.74, 6) is 1.01. The lowest BCUT2D eigenvalue weighted by Crippen LogP contribution is -2.35. The molecule has 74 valence electrons. The van der Waals surface area contributed by atoms with Gasteiger partial charge in [0.25, 0.3) is 0 Å². The summed E-state index contributed by atoms with van der Waals surface area (Å²) in [5, 5.41) is 12.4. The van der Waals surface area contributed by atoms with Gasteiger partial charge >= 0.3 is 0 Å². The minimum Gasteiger partial charge on any atom is -0.391 e. The molecule has 12 heavy (non-hydrogen) atoms. The highest BCUT2D eigenvalue weighted by Crippen LogP contribution is 1.89. The number of aliphatic hydroxyl groups is 1. The molecule has 4 heteroatoms. The minimum absolute atomic E-state index is 0.370. The SMILES string of the molecule is CCS(=O)CC(O)CNC(C)C. The molecule has 2 atom stereocenters. The van der Waals surface area contributed by atoms with Gasteiger partial charge in [-0.2, -0.15) is 0 Å². The van der Waals surface area contributed by atoms with Crippen molar-refractivity contribution in [2.24, 2.45) is 0 Å². The topological polar surface area (TPSA) is 49.3 Å². The van der Waals surface area contributed by atoms with Crippen molar-refractivity contribution in [2.45, 2.75) is 32.9 Å². The summed E-state index contributed by atoms with van der Waals surface area (Å²) in [6.07, 6.45) is -0.479. The molecule has 2 unspecified atom stereocenters. The van der Waals surface area contributed by atoms with Crippen LogP contribution >= 0.6 is 0 Å². The van der Waals surface area contributed by atoms with Crippen LogP contribution in [0.5, 0.6) is 0 Å². The number of nitrogens with one attached hydrogen (secondary N) is 1. The van der Waals surface area contributed by atoms with Gasteiger partial charge in [-0.1, -0.05) is 20.8 Å². The zero-order chi connectivity index (χ0) is 9.56. The van der Waals surface area contributed by atoms with Crippen LogP contribution < -0.4 is 5.32 Å². The van der Waals surface area contributed by atoms with Crippen LogP contribution in [0.4, 0.5) is 0 Å². The lowest BCUT2D eigenvalue weighted by molar-refractivity contribution is 0.191. The molecule has 0 saturated carbocycles. The van der Waals surface area contributed by atoms with Gasteiger partial charge in [0.15, 0.2) is 0 Å². The molecule has 0 aromatic rings. The predicted octanol–water partition coefficient (Wildman–Crippen LogP) is 0.114. The van der Waals surface area contributed by atoms with E-state index in [4.69, 9.17) is 0 Å². The van der Waals surface area contributed by atoms with Crippen LogP contribution in [0.15, 0.2) is 0 Å². The Morgan fingerprint density at radius 1 is 1.50 bits per heavy atom. The van der Waals surface area contributed by atoms with Crippen LogP contribution in [0.25, 0.3) is 0 Å². The van der Waals surface area contributed by atoms with E-state index in [-0.39, 0.29) is 0 Å². The highest BCUT2D eigenvalue weighted by atomic mass is 32.2. The molecule has 0 aliphatic carbocycles. The third-order valence-corrected chi connectivity index (χ3v) is 2.86. The molecule has 3 nitrogen and oxygen atoms in total. The Morgan fingerprint density at radius 3 is 2.50 bits per heavy atom. The van der Waals surface area contributed by atoms with E-state index >= 15 is 0 Å². The smallest absolute Gasteiger partial charge is 0.0779 e. The maximum Gasteiger partial charge on any atom is 0.0779 e. The number of rotatable bonds is 6. The van der Waals surface area contributed by atoms with Gasteiger partial charge in [-0.3, -0.25) is 4.21 Å². The fourth-order valence-corrected chi connectivity index (χ4v) is 1.55. The molecular formula is C8H19NO2S. The lowest BCUT2D eigenvalue weighted by Gasteiger charge is -2.12. The van der Waals surface area contributed by atoms with Gasteiger partial charge in [0, 0.05) is 29.1 Å². The Morgan fingerprint density at radius 2 is 2.08 bits per heavy atom. The molecule has 0 aromatic heterocycles. The minimum atomic E-state index is -0.862. The standard InChI is InChI=1S/C8H19NO2S/c1-4-12(11)6-8(10)5-9-7(2)3/h7-10H,4-6H2,1-3H3. The van der Waals surface area contributed by atoms with E-state index in [1.807, 2.05) is 20.8 Å². The monoisotopic (exact) mass is 193 g/mol. The molecule has 0 amide bonds. The molecule has 0 rings (SSSR count). The van der Waals surface area contributed by atoms with Crippen molar-refractivity contribution >= 4 is 10.8 Å². The van der Waals surface area contributed by atoms with Crippen molar-refractivity contribution in [3.63, 3.8) is 0 Å². The summed E-state index contributed by atoms with van der Waals surface area (Å²) in [4.78, 5) is 0. The molecule has 0 heterocycles. The summed E-state index contributed by atoms with van der Waals surface area (Å²) in [7, 11) is -0.862. The highest BCUT2D eigenvalue weighted by Gasteiger charge is 2.07. The van der Waals surface area contributed by atoms with Gasteiger partial charge < -0.3 is 10.4 Å². The molecular weight excluding hydrogens is 174 g/mol. The van der Waals surface area contributed by atoms with E-state index in [0.29, 0.717) is 24.1 Å². The molecule has 0 aliphatic heterocycles. The molecule has 2 N–H and O–H groups in total. The fourth-order valence-electron chi connectivity index (χ4n) is 0.763. The highest BCUT2D eigenvalue weighted by molar-refractivity contribution is 7.84. The second-order valence-electron chi connectivity index (χ2n) is 3.11. The van der Waals surface area contributed by atoms with Crippen molar-refractivity contribution in [1.29, 1.82) is 0 Å². The van der Waals surface area contributed by atoms with Crippen molar-refractivity contribution in [2.75, 3.05) is 18.1 Å². The maximum absolute atomic E-state index is 11.0. The van der Waals surface area contributed by atoms with E-state index in [1.165, 1.54) is 0 Å². The molecule has 0 bridgehead atoms. The van der Waals surface area contributed by atoms with Gasteiger partial charge in [-0.05, 0) is 0 Å². The van der Waals surface area contributed by atoms with E-state index < -0.39 is 16.9 Å². The summed E-state index contributed by atoms with van der Waals surface area (Å²) in [5.41, 5.74) is 0. The average Bonchev–Trinajstić information content (AvgIpc) is 2.00. The molecule has 0 saturated heterocycles. The van der Waals surface area contributed by atoms with Gasteiger partial charge in [0.1, 0.15) is 0 Å². The fraction of sp³-hybridized carbons (Fsp3) is 1.00. The van der Waals surface area contributed by atoms with Crippen molar-refractivity contribution in [3.05, 3.63) is 0 Å². The average molecular weight is 193 g/mol. The Labute approximate surface area is 77.0 Å². The van der Waals surface area contributed by atoms with Crippen LogP contribution in [0.3, 0.4) is 0 Å². The first-order valence-corrected chi connectivity index (χ1v) is 5.81. The maximum atomic E-state index is 11.0. The third-order valence-electron chi connectivity index (χ3n) is 1.46. The lowest BCUT2D eigenvalue weighted by atomic mass is 10.3.